The number of nitrogens with zero attached hydrogens (tertiary/aromatic N) is 4. The van der Waals surface area contributed by atoms with Gasteiger partial charge >= 0.3 is 0 Å². The number of halogens is 1. The van der Waals surface area contributed by atoms with E-state index in [4.69, 9.17) is 11.6 Å². The summed E-state index contributed by atoms with van der Waals surface area (Å²) in [5.74, 6) is 1.00. The minimum atomic E-state index is -0.139. The Hall–Kier alpha value is -2.64. The number of amides is 1. The van der Waals surface area contributed by atoms with Crippen LogP contribution in [0.1, 0.15) is 34.8 Å². The molecule has 0 fully saturated rings. The minimum Gasteiger partial charge on any atom is -0.306 e. The molecular weight excluding hydrogens is 406 g/mol. The summed E-state index contributed by atoms with van der Waals surface area (Å²) in [6.07, 6.45) is 1.68. The quantitative estimate of drug-likeness (QED) is 0.459. The van der Waals surface area contributed by atoms with Crippen molar-refractivity contribution in [1.82, 2.24) is 19.6 Å². The number of fused-ring (bicyclic) bond motifs is 1. The molecule has 1 amide bonds. The van der Waals surface area contributed by atoms with Crippen LogP contribution in [0.25, 0.3) is 10.2 Å². The number of carbonyl (C=O) groups is 1. The number of hydrogen-bond donors (Lipinski definition) is 1. The summed E-state index contributed by atoms with van der Waals surface area (Å²) in [4.78, 5) is 14.6. The number of nitrogens with one attached hydrogen (secondary N) is 1. The van der Waals surface area contributed by atoms with Gasteiger partial charge in [0.05, 0.1) is 23.3 Å². The van der Waals surface area contributed by atoms with Gasteiger partial charge in [-0.15, -0.1) is 11.3 Å². The van der Waals surface area contributed by atoms with Gasteiger partial charge in [0.25, 0.3) is 5.91 Å². The smallest absolute Gasteiger partial charge is 0.266 e. The molecule has 150 valence electrons. The lowest BCUT2D eigenvalue weighted by Crippen LogP contribution is -2.15. The fourth-order valence-corrected chi connectivity index (χ4v) is 4.39. The average Bonchev–Trinajstić information content (AvgIpc) is 3.35. The maximum atomic E-state index is 12.9. The molecule has 6 nitrogen and oxygen atoms in total. The SMILES string of the molecule is Cc1nn(CC(C)C)c2sc(C(=O)Nc3ccnn3Cc3ccc(Cl)cc3)cc12. The molecule has 0 aliphatic carbocycles. The lowest BCUT2D eigenvalue weighted by molar-refractivity contribution is 0.102. The molecule has 0 aliphatic rings. The van der Waals surface area contributed by atoms with Gasteiger partial charge in [-0.1, -0.05) is 37.6 Å². The molecule has 4 rings (SSSR count). The number of anilines is 1. The summed E-state index contributed by atoms with van der Waals surface area (Å²) in [7, 11) is 0. The maximum Gasteiger partial charge on any atom is 0.266 e. The minimum absolute atomic E-state index is 0.139. The Morgan fingerprint density at radius 1 is 1.21 bits per heavy atom. The third kappa shape index (κ3) is 4.21. The van der Waals surface area contributed by atoms with E-state index in [9.17, 15) is 4.79 Å². The molecular formula is C21H22ClN5OS. The van der Waals surface area contributed by atoms with Crippen LogP contribution in [0.15, 0.2) is 42.6 Å². The average molecular weight is 428 g/mol. The lowest BCUT2D eigenvalue weighted by atomic mass is 10.2. The second-order valence-electron chi connectivity index (χ2n) is 7.45. The van der Waals surface area contributed by atoms with Gasteiger partial charge in [-0.2, -0.15) is 10.2 Å². The number of thiophene rings is 1. The summed E-state index contributed by atoms with van der Waals surface area (Å²) >= 11 is 7.42. The first-order valence-corrected chi connectivity index (χ1v) is 10.6. The number of aryl methyl sites for hydroxylation is 1. The molecule has 3 aromatic heterocycles. The molecule has 0 atom stereocenters. The summed E-state index contributed by atoms with van der Waals surface area (Å²) in [6.45, 7) is 7.68. The fraction of sp³-hybridized carbons (Fsp3) is 0.286. The first kappa shape index (κ1) is 19.7. The van der Waals surface area contributed by atoms with Crippen LogP contribution >= 0.6 is 22.9 Å². The second kappa shape index (κ2) is 8.00. The van der Waals surface area contributed by atoms with Crippen molar-refractivity contribution in [3.8, 4) is 0 Å². The molecule has 1 aromatic carbocycles. The summed E-state index contributed by atoms with van der Waals surface area (Å²) in [6, 6.07) is 11.3. The molecule has 8 heteroatoms. The number of hydrogen-bond acceptors (Lipinski definition) is 4. The normalized spacial score (nSPS) is 11.5. The highest BCUT2D eigenvalue weighted by atomic mass is 35.5. The van der Waals surface area contributed by atoms with Gasteiger partial charge in [-0.05, 0) is 36.6 Å². The van der Waals surface area contributed by atoms with E-state index in [-0.39, 0.29) is 5.91 Å². The van der Waals surface area contributed by atoms with Crippen LogP contribution in [-0.4, -0.2) is 25.5 Å². The van der Waals surface area contributed by atoms with Crippen LogP contribution in [0.4, 0.5) is 5.82 Å². The molecule has 1 N–H and O–H groups in total. The molecule has 0 unspecified atom stereocenters. The van der Waals surface area contributed by atoms with E-state index in [1.54, 1.807) is 16.9 Å². The molecule has 3 heterocycles. The second-order valence-corrected chi connectivity index (χ2v) is 8.91. The van der Waals surface area contributed by atoms with Gasteiger partial charge in [0.2, 0.25) is 0 Å². The Labute approximate surface area is 178 Å². The van der Waals surface area contributed by atoms with Gasteiger partial charge in [0, 0.05) is 23.0 Å². The van der Waals surface area contributed by atoms with E-state index in [0.29, 0.717) is 28.2 Å². The highest BCUT2D eigenvalue weighted by Crippen LogP contribution is 2.29. The van der Waals surface area contributed by atoms with Crippen LogP contribution in [0.5, 0.6) is 0 Å². The molecule has 4 aromatic rings. The standard InChI is InChI=1S/C21H22ClN5OS/c1-13(2)11-27-21-17(14(3)25-27)10-18(29-21)20(28)24-19-8-9-23-26(19)12-15-4-6-16(22)7-5-15/h4-10,13H,11-12H2,1-3H3,(H,24,28). The van der Waals surface area contributed by atoms with E-state index >= 15 is 0 Å². The van der Waals surface area contributed by atoms with Crippen LogP contribution < -0.4 is 5.32 Å². The highest BCUT2D eigenvalue weighted by Gasteiger charge is 2.18. The summed E-state index contributed by atoms with van der Waals surface area (Å²) < 4.78 is 3.77. The van der Waals surface area contributed by atoms with Crippen molar-refractivity contribution in [3.05, 3.63) is 63.8 Å². The zero-order valence-electron chi connectivity index (χ0n) is 16.5. The number of carbonyl (C=O) groups excluding carboxylic acids is 1. The zero-order valence-corrected chi connectivity index (χ0v) is 18.1. The third-order valence-corrected chi connectivity index (χ3v) is 5.97. The topological polar surface area (TPSA) is 64.7 Å². The van der Waals surface area contributed by atoms with Gasteiger partial charge in [0.1, 0.15) is 10.6 Å². The predicted molar refractivity (Wildman–Crippen MR) is 118 cm³/mol. The first-order chi connectivity index (χ1) is 13.9. The Bertz CT molecular complexity index is 1160. The molecule has 0 saturated carbocycles. The van der Waals surface area contributed by atoms with Crippen molar-refractivity contribution >= 4 is 44.9 Å². The van der Waals surface area contributed by atoms with Gasteiger partial charge in [-0.25, -0.2) is 4.68 Å². The van der Waals surface area contributed by atoms with E-state index in [1.165, 1.54) is 11.3 Å². The summed E-state index contributed by atoms with van der Waals surface area (Å²) in [5.41, 5.74) is 2.00. The molecule has 0 bridgehead atoms. The van der Waals surface area contributed by atoms with Gasteiger partial charge in [-0.3, -0.25) is 9.48 Å². The monoisotopic (exact) mass is 427 g/mol. The Morgan fingerprint density at radius 3 is 2.69 bits per heavy atom. The lowest BCUT2D eigenvalue weighted by Gasteiger charge is -2.09. The number of benzene rings is 1. The van der Waals surface area contributed by atoms with Crippen LogP contribution in [0, 0.1) is 12.8 Å². The largest absolute Gasteiger partial charge is 0.306 e. The third-order valence-electron chi connectivity index (χ3n) is 4.57. The van der Waals surface area contributed by atoms with Crippen LogP contribution in [0.2, 0.25) is 5.02 Å². The van der Waals surface area contributed by atoms with Crippen molar-refractivity contribution in [2.75, 3.05) is 5.32 Å². The molecule has 0 radical (unpaired) electrons. The van der Waals surface area contributed by atoms with Gasteiger partial charge < -0.3 is 5.32 Å². The van der Waals surface area contributed by atoms with Crippen LogP contribution in [0.3, 0.4) is 0 Å². The highest BCUT2D eigenvalue weighted by molar-refractivity contribution is 7.20. The molecule has 0 aliphatic heterocycles. The van der Waals surface area contributed by atoms with Crippen molar-refractivity contribution in [2.24, 2.45) is 5.92 Å². The number of rotatable bonds is 6. The molecule has 0 saturated heterocycles. The van der Waals surface area contributed by atoms with E-state index in [2.05, 4.69) is 29.4 Å². The molecule has 29 heavy (non-hydrogen) atoms. The van der Waals surface area contributed by atoms with Gasteiger partial charge in [0.15, 0.2) is 0 Å². The van der Waals surface area contributed by atoms with Crippen molar-refractivity contribution < 1.29 is 4.79 Å². The first-order valence-electron chi connectivity index (χ1n) is 9.45. The zero-order chi connectivity index (χ0) is 20.5. The maximum absolute atomic E-state index is 12.9. The van der Waals surface area contributed by atoms with E-state index in [1.807, 2.05) is 41.9 Å². The Morgan fingerprint density at radius 2 is 1.97 bits per heavy atom. The Balaban J connectivity index is 1.54. The predicted octanol–water partition coefficient (Wildman–Crippen LogP) is 5.21. The molecule has 0 spiro atoms. The summed E-state index contributed by atoms with van der Waals surface area (Å²) in [5, 5.41) is 13.7. The van der Waals surface area contributed by atoms with Crippen molar-refractivity contribution in [1.29, 1.82) is 0 Å². The fourth-order valence-electron chi connectivity index (χ4n) is 3.20. The van der Waals surface area contributed by atoms with Crippen LogP contribution in [-0.2, 0) is 13.1 Å². The van der Waals surface area contributed by atoms with Crippen molar-refractivity contribution in [3.63, 3.8) is 0 Å². The Kier molecular flexibility index (Phi) is 5.43. The van der Waals surface area contributed by atoms with Crippen molar-refractivity contribution in [2.45, 2.75) is 33.9 Å². The van der Waals surface area contributed by atoms with E-state index in [0.717, 1.165) is 28.0 Å². The van der Waals surface area contributed by atoms with E-state index < -0.39 is 0 Å². The number of aromatic nitrogens is 4.